The van der Waals surface area contributed by atoms with Crippen LogP contribution in [0.25, 0.3) is 0 Å². The number of thioether (sulfide) groups is 1. The molecule has 2 rings (SSSR count). The lowest BCUT2D eigenvalue weighted by atomic mass is 10.2. The van der Waals surface area contributed by atoms with Gasteiger partial charge in [0.1, 0.15) is 0 Å². The average Bonchev–Trinajstić information content (AvgIpc) is 2.67. The molecule has 0 bridgehead atoms. The number of aromatic nitrogens is 2. The maximum Gasteiger partial charge on any atom is 0.313 e. The molecule has 0 radical (unpaired) electrons. The summed E-state index contributed by atoms with van der Waals surface area (Å²) in [5.74, 6) is -0.776. The Morgan fingerprint density at radius 3 is 2.95 bits per heavy atom. The van der Waals surface area contributed by atoms with Crippen molar-refractivity contribution in [1.82, 2.24) is 9.78 Å². The van der Waals surface area contributed by atoms with Gasteiger partial charge in [0.2, 0.25) is 0 Å². The minimum atomic E-state index is -0.821. The Kier molecular flexibility index (Phi) is 4.66. The van der Waals surface area contributed by atoms with Gasteiger partial charge in [-0.2, -0.15) is 5.10 Å². The largest absolute Gasteiger partial charge is 0.481 e. The molecule has 0 saturated heterocycles. The van der Waals surface area contributed by atoms with Crippen molar-refractivity contribution in [2.75, 3.05) is 5.75 Å². The summed E-state index contributed by atoms with van der Waals surface area (Å²) in [6.07, 6.45) is 0. The summed E-state index contributed by atoms with van der Waals surface area (Å²) in [5.41, 5.74) is 2.01. The van der Waals surface area contributed by atoms with Gasteiger partial charge in [0.25, 0.3) is 0 Å². The van der Waals surface area contributed by atoms with Gasteiger partial charge in [-0.1, -0.05) is 39.8 Å². The number of aryl methyl sites for hydroxylation is 1. The number of carbonyl (C=O) groups is 1. The molecule has 1 aromatic carbocycles. The Hall–Kier alpha value is -1.27. The molecule has 0 atom stereocenters. The van der Waals surface area contributed by atoms with E-state index in [1.165, 1.54) is 11.8 Å². The third kappa shape index (κ3) is 4.11. The van der Waals surface area contributed by atoms with Crippen molar-refractivity contribution >= 4 is 33.7 Å². The Bertz CT molecular complexity index is 598. The van der Waals surface area contributed by atoms with E-state index in [4.69, 9.17) is 5.11 Å². The zero-order valence-electron chi connectivity index (χ0n) is 10.3. The molecule has 2 aromatic rings. The Morgan fingerprint density at radius 2 is 2.26 bits per heavy atom. The second kappa shape index (κ2) is 6.25. The van der Waals surface area contributed by atoms with Gasteiger partial charge in [-0.15, -0.1) is 0 Å². The molecular formula is C13H13BrN2O2S. The van der Waals surface area contributed by atoms with Gasteiger partial charge in [-0.25, -0.2) is 0 Å². The van der Waals surface area contributed by atoms with E-state index in [0.29, 0.717) is 6.54 Å². The smallest absolute Gasteiger partial charge is 0.313 e. The van der Waals surface area contributed by atoms with Crippen LogP contribution in [0.4, 0.5) is 0 Å². The maximum atomic E-state index is 10.6. The number of nitrogens with zero attached hydrogens (tertiary/aromatic N) is 2. The molecule has 1 N–H and O–H groups in total. The SMILES string of the molecule is Cc1cc(SCC(=O)O)n(Cc2cccc(Br)c2)n1. The molecule has 0 aliphatic heterocycles. The number of benzene rings is 1. The standard InChI is InChI=1S/C13H13BrN2O2S/c1-9-5-12(19-8-13(17)18)16(15-9)7-10-3-2-4-11(14)6-10/h2-6H,7-8H2,1H3,(H,17,18). The fourth-order valence-electron chi connectivity index (χ4n) is 1.70. The highest BCUT2D eigenvalue weighted by molar-refractivity contribution is 9.10. The van der Waals surface area contributed by atoms with Crippen LogP contribution in [0.3, 0.4) is 0 Å². The summed E-state index contributed by atoms with van der Waals surface area (Å²) in [7, 11) is 0. The quantitative estimate of drug-likeness (QED) is 0.849. The number of carboxylic acid groups (broad SMARTS) is 1. The van der Waals surface area contributed by atoms with Crippen LogP contribution in [0.1, 0.15) is 11.3 Å². The molecule has 0 fully saturated rings. The molecule has 1 aromatic heterocycles. The molecule has 0 aliphatic rings. The van der Waals surface area contributed by atoms with Crippen LogP contribution in [0.5, 0.6) is 0 Å². The minimum Gasteiger partial charge on any atom is -0.481 e. The van der Waals surface area contributed by atoms with Gasteiger partial charge in [0.05, 0.1) is 23.0 Å². The van der Waals surface area contributed by atoms with Gasteiger partial charge < -0.3 is 5.11 Å². The van der Waals surface area contributed by atoms with E-state index in [2.05, 4.69) is 21.0 Å². The van der Waals surface area contributed by atoms with Crippen LogP contribution in [0, 0.1) is 6.92 Å². The fourth-order valence-corrected chi connectivity index (χ4v) is 2.92. The van der Waals surface area contributed by atoms with Crippen LogP contribution in [0.15, 0.2) is 39.8 Å². The minimum absolute atomic E-state index is 0.0453. The van der Waals surface area contributed by atoms with Crippen molar-refractivity contribution in [3.63, 3.8) is 0 Å². The number of rotatable bonds is 5. The highest BCUT2D eigenvalue weighted by Crippen LogP contribution is 2.21. The third-order valence-electron chi connectivity index (χ3n) is 2.43. The molecule has 19 heavy (non-hydrogen) atoms. The summed E-state index contributed by atoms with van der Waals surface area (Å²) in [4.78, 5) is 10.6. The monoisotopic (exact) mass is 340 g/mol. The van der Waals surface area contributed by atoms with Gasteiger partial charge in [-0.3, -0.25) is 9.48 Å². The van der Waals surface area contributed by atoms with Gasteiger partial charge in [-0.05, 0) is 30.7 Å². The Balaban J connectivity index is 2.17. The van der Waals surface area contributed by atoms with Crippen LogP contribution in [0.2, 0.25) is 0 Å². The molecule has 0 aliphatic carbocycles. The molecule has 100 valence electrons. The summed E-state index contributed by atoms with van der Waals surface area (Å²) in [5, 5.41) is 14.0. The van der Waals surface area contributed by atoms with Gasteiger partial charge in [0.15, 0.2) is 0 Å². The number of hydrogen-bond donors (Lipinski definition) is 1. The Labute approximate surface area is 124 Å². The molecular weight excluding hydrogens is 328 g/mol. The van der Waals surface area contributed by atoms with Crippen LogP contribution >= 0.6 is 27.7 Å². The van der Waals surface area contributed by atoms with E-state index >= 15 is 0 Å². The summed E-state index contributed by atoms with van der Waals surface area (Å²) in [6, 6.07) is 9.90. The van der Waals surface area contributed by atoms with E-state index < -0.39 is 5.97 Å². The summed E-state index contributed by atoms with van der Waals surface area (Å²) < 4.78 is 2.86. The number of carboxylic acids is 1. The molecule has 0 spiro atoms. The van der Waals surface area contributed by atoms with E-state index in [-0.39, 0.29) is 5.75 Å². The lowest BCUT2D eigenvalue weighted by Gasteiger charge is -2.06. The molecule has 6 heteroatoms. The summed E-state index contributed by atoms with van der Waals surface area (Å²) in [6.45, 7) is 2.54. The first-order chi connectivity index (χ1) is 9.04. The first-order valence-corrected chi connectivity index (χ1v) is 7.46. The zero-order valence-corrected chi connectivity index (χ0v) is 12.7. The lowest BCUT2D eigenvalue weighted by molar-refractivity contribution is -0.133. The zero-order chi connectivity index (χ0) is 13.8. The topological polar surface area (TPSA) is 55.1 Å². The average molecular weight is 341 g/mol. The van der Waals surface area contributed by atoms with E-state index in [1.54, 1.807) is 0 Å². The second-order valence-corrected chi connectivity index (χ2v) is 6.01. The van der Waals surface area contributed by atoms with Crippen molar-refractivity contribution in [3.8, 4) is 0 Å². The van der Waals surface area contributed by atoms with E-state index in [1.807, 2.05) is 41.9 Å². The predicted molar refractivity (Wildman–Crippen MR) is 78.6 cm³/mol. The highest BCUT2D eigenvalue weighted by Gasteiger charge is 2.09. The summed E-state index contributed by atoms with van der Waals surface area (Å²) >= 11 is 4.73. The second-order valence-electron chi connectivity index (χ2n) is 4.09. The van der Waals surface area contributed by atoms with Crippen molar-refractivity contribution in [3.05, 3.63) is 46.1 Å². The molecule has 0 unspecified atom stereocenters. The first-order valence-electron chi connectivity index (χ1n) is 5.68. The number of hydrogen-bond acceptors (Lipinski definition) is 3. The normalized spacial score (nSPS) is 10.6. The van der Waals surface area contributed by atoms with Crippen LogP contribution < -0.4 is 0 Å². The van der Waals surface area contributed by atoms with Crippen molar-refractivity contribution < 1.29 is 9.90 Å². The van der Waals surface area contributed by atoms with Crippen molar-refractivity contribution in [2.24, 2.45) is 0 Å². The van der Waals surface area contributed by atoms with Crippen molar-refractivity contribution in [1.29, 1.82) is 0 Å². The van der Waals surface area contributed by atoms with Gasteiger partial charge >= 0.3 is 5.97 Å². The lowest BCUT2D eigenvalue weighted by Crippen LogP contribution is -2.05. The first kappa shape index (κ1) is 14.1. The van der Waals surface area contributed by atoms with Crippen molar-refractivity contribution in [2.45, 2.75) is 18.5 Å². The highest BCUT2D eigenvalue weighted by atomic mass is 79.9. The predicted octanol–water partition coefficient (Wildman–Crippen LogP) is 3.18. The Morgan fingerprint density at radius 1 is 1.47 bits per heavy atom. The fraction of sp³-hybridized carbons (Fsp3) is 0.231. The number of aliphatic carboxylic acids is 1. The molecule has 4 nitrogen and oxygen atoms in total. The molecule has 1 heterocycles. The van der Waals surface area contributed by atoms with E-state index in [0.717, 1.165) is 20.8 Å². The van der Waals surface area contributed by atoms with E-state index in [9.17, 15) is 4.79 Å². The number of halogens is 1. The third-order valence-corrected chi connectivity index (χ3v) is 3.94. The van der Waals surface area contributed by atoms with Crippen LogP contribution in [-0.4, -0.2) is 26.6 Å². The van der Waals surface area contributed by atoms with Gasteiger partial charge in [0, 0.05) is 4.47 Å². The maximum absolute atomic E-state index is 10.6. The van der Waals surface area contributed by atoms with Crippen LogP contribution in [-0.2, 0) is 11.3 Å². The molecule has 0 amide bonds. The molecule has 0 saturated carbocycles.